The average molecular weight is 487 g/mol. The monoisotopic (exact) mass is 486 g/mol. The number of hydrogen-bond donors (Lipinski definition) is 2. The van der Waals surface area contributed by atoms with Crippen LogP contribution >= 0.6 is 11.8 Å². The second-order valence-electron chi connectivity index (χ2n) is 7.82. The smallest absolute Gasteiger partial charge is 0.265 e. The molecule has 0 spiro atoms. The van der Waals surface area contributed by atoms with Gasteiger partial charge in [0.05, 0.1) is 22.5 Å². The van der Waals surface area contributed by atoms with Gasteiger partial charge in [-0.25, -0.2) is 0 Å². The highest BCUT2D eigenvalue weighted by atomic mass is 32.2. The van der Waals surface area contributed by atoms with Crippen molar-refractivity contribution in [2.24, 2.45) is 0 Å². The number of nitrogens with two attached hydrogens (primary N) is 2. The number of para-hydroxylation sites is 2. The van der Waals surface area contributed by atoms with Gasteiger partial charge in [0.1, 0.15) is 0 Å². The topological polar surface area (TPSA) is 138 Å². The van der Waals surface area contributed by atoms with E-state index in [1.54, 1.807) is 97.1 Å². The minimum absolute atomic E-state index is 0.266. The summed E-state index contributed by atoms with van der Waals surface area (Å²) in [4.78, 5) is 24.3. The number of nitrogens with zero attached hydrogens (tertiary/aromatic N) is 2. The van der Waals surface area contributed by atoms with Crippen LogP contribution in [0.2, 0.25) is 0 Å². The van der Waals surface area contributed by atoms with Crippen molar-refractivity contribution in [2.45, 2.75) is 21.9 Å². The largest absolute Gasteiger partial charge is 0.397 e. The van der Waals surface area contributed by atoms with E-state index in [-0.39, 0.29) is 21.2 Å². The standard InChI is InChI=1S/C26H22N4O4S/c27-23-19(25(29(31)32)17-9-3-1-4-10-17)13-7-15-21(23)35-22-16-8-14-20(24(22)28)26(30(33)34)18-11-5-2-6-12-18/h1-16,25-26H,27-28H2. The van der Waals surface area contributed by atoms with Crippen molar-refractivity contribution < 1.29 is 9.85 Å². The Bertz CT molecular complexity index is 1260. The quantitative estimate of drug-likeness (QED) is 0.184. The van der Waals surface area contributed by atoms with E-state index < -0.39 is 12.1 Å². The van der Waals surface area contributed by atoms with Crippen molar-refractivity contribution in [3.63, 3.8) is 0 Å². The number of rotatable bonds is 8. The number of hydrogen-bond acceptors (Lipinski definition) is 7. The molecule has 0 aliphatic rings. The van der Waals surface area contributed by atoms with Gasteiger partial charge in [-0.1, -0.05) is 84.6 Å². The molecule has 0 saturated carbocycles. The van der Waals surface area contributed by atoms with Gasteiger partial charge >= 0.3 is 0 Å². The molecule has 0 aromatic heterocycles. The minimum atomic E-state index is -1.13. The predicted octanol–water partition coefficient (Wildman–Crippen LogP) is 5.73. The van der Waals surface area contributed by atoms with Gasteiger partial charge in [-0.15, -0.1) is 0 Å². The molecule has 0 aliphatic carbocycles. The zero-order chi connectivity index (χ0) is 24.9. The molecule has 35 heavy (non-hydrogen) atoms. The molecule has 176 valence electrons. The third-order valence-corrected chi connectivity index (χ3v) is 6.81. The van der Waals surface area contributed by atoms with Gasteiger partial charge in [0.15, 0.2) is 0 Å². The van der Waals surface area contributed by atoms with E-state index in [0.717, 1.165) is 0 Å². The number of anilines is 2. The lowest BCUT2D eigenvalue weighted by molar-refractivity contribution is -0.517. The molecule has 0 heterocycles. The molecular formula is C26H22N4O4S. The van der Waals surface area contributed by atoms with Gasteiger partial charge < -0.3 is 11.5 Å². The number of nitrogen functional groups attached to an aromatic ring is 2. The first-order valence-corrected chi connectivity index (χ1v) is 11.5. The van der Waals surface area contributed by atoms with Crippen LogP contribution in [0, 0.1) is 20.2 Å². The first-order chi connectivity index (χ1) is 16.9. The van der Waals surface area contributed by atoms with E-state index in [4.69, 9.17) is 11.5 Å². The lowest BCUT2D eigenvalue weighted by atomic mass is 9.98. The van der Waals surface area contributed by atoms with E-state index in [1.807, 2.05) is 0 Å². The van der Waals surface area contributed by atoms with E-state index in [2.05, 4.69) is 0 Å². The van der Waals surface area contributed by atoms with Gasteiger partial charge in [-0.3, -0.25) is 20.2 Å². The normalized spacial score (nSPS) is 12.6. The van der Waals surface area contributed by atoms with Gasteiger partial charge in [-0.2, -0.15) is 0 Å². The Morgan fingerprint density at radius 2 is 0.943 bits per heavy atom. The second-order valence-corrected chi connectivity index (χ2v) is 8.90. The molecule has 2 unspecified atom stereocenters. The van der Waals surface area contributed by atoms with Crippen LogP contribution in [0.5, 0.6) is 0 Å². The summed E-state index contributed by atoms with van der Waals surface area (Å²) in [7, 11) is 0. The molecule has 4 aromatic carbocycles. The maximum absolute atomic E-state index is 12.0. The Morgan fingerprint density at radius 1 is 0.571 bits per heavy atom. The lowest BCUT2D eigenvalue weighted by Gasteiger charge is -2.17. The summed E-state index contributed by atoms with van der Waals surface area (Å²) >= 11 is 1.22. The van der Waals surface area contributed by atoms with Crippen molar-refractivity contribution >= 4 is 23.1 Å². The van der Waals surface area contributed by atoms with Crippen molar-refractivity contribution in [3.05, 3.63) is 140 Å². The van der Waals surface area contributed by atoms with Gasteiger partial charge in [0, 0.05) is 30.8 Å². The summed E-state index contributed by atoms with van der Waals surface area (Å²) in [5, 5.41) is 23.9. The maximum atomic E-state index is 12.0. The first-order valence-electron chi connectivity index (χ1n) is 10.7. The van der Waals surface area contributed by atoms with Crippen molar-refractivity contribution in [2.75, 3.05) is 11.5 Å². The number of nitro groups is 2. The van der Waals surface area contributed by atoms with E-state index in [9.17, 15) is 20.2 Å². The first kappa shape index (κ1) is 23.8. The zero-order valence-corrected chi connectivity index (χ0v) is 19.3. The molecule has 0 bridgehead atoms. The fraction of sp³-hybridized carbons (Fsp3) is 0.0769. The average Bonchev–Trinajstić information content (AvgIpc) is 2.85. The summed E-state index contributed by atoms with van der Waals surface area (Å²) in [6.45, 7) is 0. The van der Waals surface area contributed by atoms with Gasteiger partial charge in [0.25, 0.3) is 12.1 Å². The number of benzene rings is 4. The van der Waals surface area contributed by atoms with Gasteiger partial charge in [0.2, 0.25) is 0 Å². The van der Waals surface area contributed by atoms with Crippen molar-refractivity contribution in [1.82, 2.24) is 0 Å². The summed E-state index contributed by atoms with van der Waals surface area (Å²) in [6.07, 6.45) is 0. The minimum Gasteiger partial charge on any atom is -0.397 e. The molecule has 4 N–H and O–H groups in total. The highest BCUT2D eigenvalue weighted by molar-refractivity contribution is 7.99. The molecule has 0 radical (unpaired) electrons. The molecule has 0 saturated heterocycles. The van der Waals surface area contributed by atoms with Crippen molar-refractivity contribution in [3.8, 4) is 0 Å². The maximum Gasteiger partial charge on any atom is 0.265 e. The van der Waals surface area contributed by atoms with Crippen LogP contribution in [0.4, 0.5) is 11.4 Å². The summed E-state index contributed by atoms with van der Waals surface area (Å²) in [5.41, 5.74) is 15.1. The third-order valence-electron chi connectivity index (χ3n) is 5.66. The lowest BCUT2D eigenvalue weighted by Crippen LogP contribution is -2.15. The Labute approximate surface area is 205 Å². The van der Waals surface area contributed by atoms with E-state index in [0.29, 0.717) is 32.0 Å². The second kappa shape index (κ2) is 10.3. The van der Waals surface area contributed by atoms with E-state index >= 15 is 0 Å². The SMILES string of the molecule is Nc1c(Sc2cccc(C(c3ccccc3)[N+](=O)[O-])c2N)cccc1C(c1ccccc1)[N+](=O)[O-]. The Hall–Kier alpha value is -4.37. The summed E-state index contributed by atoms with van der Waals surface area (Å²) < 4.78 is 0. The fourth-order valence-electron chi connectivity index (χ4n) is 4.00. The predicted molar refractivity (Wildman–Crippen MR) is 136 cm³/mol. The molecule has 2 atom stereocenters. The highest BCUT2D eigenvalue weighted by Crippen LogP contribution is 2.42. The molecule has 8 nitrogen and oxygen atoms in total. The third kappa shape index (κ3) is 4.95. The summed E-state index contributed by atoms with van der Waals surface area (Å²) in [5.74, 6) is 0. The van der Waals surface area contributed by atoms with Crippen LogP contribution in [-0.4, -0.2) is 9.85 Å². The fourth-order valence-corrected chi connectivity index (χ4v) is 4.98. The van der Waals surface area contributed by atoms with E-state index in [1.165, 1.54) is 11.8 Å². The Kier molecular flexibility index (Phi) is 6.98. The zero-order valence-electron chi connectivity index (χ0n) is 18.5. The molecular weight excluding hydrogens is 464 g/mol. The van der Waals surface area contributed by atoms with Crippen LogP contribution in [0.25, 0.3) is 0 Å². The molecule has 9 heteroatoms. The molecule has 4 aromatic rings. The molecule has 0 fully saturated rings. The van der Waals surface area contributed by atoms with Gasteiger partial charge in [-0.05, 0) is 24.3 Å². The Balaban J connectivity index is 1.73. The molecule has 4 rings (SSSR count). The van der Waals surface area contributed by atoms with Crippen molar-refractivity contribution in [1.29, 1.82) is 0 Å². The molecule has 0 aliphatic heterocycles. The van der Waals surface area contributed by atoms with Crippen LogP contribution in [0.3, 0.4) is 0 Å². The highest BCUT2D eigenvalue weighted by Gasteiger charge is 2.30. The van der Waals surface area contributed by atoms with Crippen LogP contribution in [0.15, 0.2) is 107 Å². The Morgan fingerprint density at radius 3 is 1.29 bits per heavy atom. The van der Waals surface area contributed by atoms with Crippen LogP contribution in [-0.2, 0) is 0 Å². The summed E-state index contributed by atoms with van der Waals surface area (Å²) in [6, 6.07) is 25.2. The molecule has 0 amide bonds. The van der Waals surface area contributed by atoms with Crippen LogP contribution < -0.4 is 11.5 Å². The van der Waals surface area contributed by atoms with Crippen LogP contribution in [0.1, 0.15) is 34.3 Å².